The maximum Gasteiger partial charge on any atom is 0.253 e. The topological polar surface area (TPSA) is 89.3 Å². The zero-order valence-corrected chi connectivity index (χ0v) is 11.8. The van der Waals surface area contributed by atoms with Gasteiger partial charge in [-0.05, 0) is 19.1 Å². The van der Waals surface area contributed by atoms with Gasteiger partial charge < -0.3 is 0 Å². The van der Waals surface area contributed by atoms with Gasteiger partial charge in [0.15, 0.2) is 0 Å². The maximum absolute atomic E-state index is 11.1. The van der Waals surface area contributed by atoms with Gasteiger partial charge in [-0.25, -0.2) is 8.42 Å². The molecule has 0 aliphatic rings. The number of aldehydes is 1. The molecule has 0 saturated carbocycles. The third-order valence-electron chi connectivity index (χ3n) is 2.42. The van der Waals surface area contributed by atoms with Crippen molar-refractivity contribution < 1.29 is 13.2 Å². The van der Waals surface area contributed by atoms with Crippen LogP contribution >= 0.6 is 0 Å². The van der Waals surface area contributed by atoms with Gasteiger partial charge in [0.1, 0.15) is 6.29 Å². The number of hydrogen-bond donors (Lipinski definition) is 2. The third-order valence-corrected chi connectivity index (χ3v) is 3.63. The van der Waals surface area contributed by atoms with E-state index in [4.69, 9.17) is 5.84 Å². The Labute approximate surface area is 118 Å². The summed E-state index contributed by atoms with van der Waals surface area (Å²) in [5, 5.41) is 0. The summed E-state index contributed by atoms with van der Waals surface area (Å²) >= 11 is 0. The van der Waals surface area contributed by atoms with Crippen molar-refractivity contribution in [3.63, 3.8) is 0 Å². The molecule has 0 aromatic heterocycles. The van der Waals surface area contributed by atoms with Crippen LogP contribution in [0, 0.1) is 6.92 Å². The zero-order chi connectivity index (χ0) is 15.0. The number of nitrogens with one attached hydrogen (secondary N) is 1. The number of benzene rings is 2. The van der Waals surface area contributed by atoms with Gasteiger partial charge in [0, 0.05) is 5.56 Å². The highest BCUT2D eigenvalue weighted by Crippen LogP contribution is 2.08. The first-order chi connectivity index (χ1) is 9.49. The Kier molecular flexibility index (Phi) is 6.05. The van der Waals surface area contributed by atoms with Crippen LogP contribution in [0.5, 0.6) is 0 Å². The van der Waals surface area contributed by atoms with Crippen molar-refractivity contribution in [2.24, 2.45) is 5.84 Å². The van der Waals surface area contributed by atoms with Crippen LogP contribution in [-0.2, 0) is 10.0 Å². The molecular weight excluding hydrogens is 276 g/mol. The first kappa shape index (κ1) is 16.0. The Morgan fingerprint density at radius 1 is 1.00 bits per heavy atom. The highest BCUT2D eigenvalue weighted by Gasteiger charge is 2.09. The number of hydrazine groups is 1. The van der Waals surface area contributed by atoms with Gasteiger partial charge in [-0.3, -0.25) is 10.6 Å². The van der Waals surface area contributed by atoms with Crippen LogP contribution in [0.4, 0.5) is 0 Å². The van der Waals surface area contributed by atoms with Crippen LogP contribution in [0.2, 0.25) is 0 Å². The fraction of sp³-hybridized carbons (Fsp3) is 0.0714. The van der Waals surface area contributed by atoms with E-state index in [1.165, 1.54) is 12.1 Å². The van der Waals surface area contributed by atoms with Crippen molar-refractivity contribution in [1.82, 2.24) is 4.83 Å². The first-order valence-electron chi connectivity index (χ1n) is 5.79. The summed E-state index contributed by atoms with van der Waals surface area (Å²) in [5.74, 6) is 4.84. The molecule has 0 atom stereocenters. The van der Waals surface area contributed by atoms with Crippen LogP contribution < -0.4 is 10.7 Å². The Balaban J connectivity index is 0.000000217. The molecule has 0 unspecified atom stereocenters. The maximum atomic E-state index is 11.1. The Bertz CT molecular complexity index is 638. The van der Waals surface area contributed by atoms with Crippen LogP contribution in [-0.4, -0.2) is 14.7 Å². The van der Waals surface area contributed by atoms with Gasteiger partial charge >= 0.3 is 0 Å². The molecule has 0 bridgehead atoms. The molecule has 2 aromatic carbocycles. The third kappa shape index (κ3) is 4.93. The van der Waals surface area contributed by atoms with E-state index in [0.717, 1.165) is 17.4 Å². The lowest BCUT2D eigenvalue weighted by Crippen LogP contribution is -2.30. The lowest BCUT2D eigenvalue weighted by molar-refractivity contribution is 0.112. The molecule has 6 heteroatoms. The van der Waals surface area contributed by atoms with E-state index in [2.05, 4.69) is 0 Å². The molecule has 0 saturated heterocycles. The highest BCUT2D eigenvalue weighted by molar-refractivity contribution is 7.89. The second-order valence-corrected chi connectivity index (χ2v) is 5.68. The molecule has 0 fully saturated rings. The monoisotopic (exact) mass is 292 g/mol. The molecule has 0 aliphatic carbocycles. The molecule has 0 radical (unpaired) electrons. The van der Waals surface area contributed by atoms with Crippen LogP contribution in [0.1, 0.15) is 15.9 Å². The lowest BCUT2D eigenvalue weighted by atomic mass is 10.2. The van der Waals surface area contributed by atoms with Crippen molar-refractivity contribution >= 4 is 16.3 Å². The summed E-state index contributed by atoms with van der Waals surface area (Å²) in [6, 6.07) is 15.5. The summed E-state index contributed by atoms with van der Waals surface area (Å²) in [7, 11) is -3.49. The van der Waals surface area contributed by atoms with E-state index >= 15 is 0 Å². The average molecular weight is 292 g/mol. The Hall–Kier alpha value is -2.02. The van der Waals surface area contributed by atoms with Gasteiger partial charge in [0.2, 0.25) is 0 Å². The van der Waals surface area contributed by atoms with Crippen molar-refractivity contribution in [1.29, 1.82) is 0 Å². The second-order valence-electron chi connectivity index (χ2n) is 3.96. The largest absolute Gasteiger partial charge is 0.298 e. The van der Waals surface area contributed by atoms with E-state index in [0.29, 0.717) is 0 Å². The molecule has 0 aliphatic heterocycles. The van der Waals surface area contributed by atoms with Gasteiger partial charge in [-0.2, -0.15) is 4.83 Å². The van der Waals surface area contributed by atoms with Crippen LogP contribution in [0.25, 0.3) is 0 Å². The van der Waals surface area contributed by atoms with E-state index < -0.39 is 10.0 Å². The van der Waals surface area contributed by atoms with Gasteiger partial charge in [0.05, 0.1) is 4.90 Å². The first-order valence-corrected chi connectivity index (χ1v) is 7.27. The SMILES string of the molecule is Cc1ccc(S(=O)(=O)NN)cc1.O=Cc1ccccc1. The summed E-state index contributed by atoms with van der Waals surface area (Å²) in [4.78, 5) is 11.9. The fourth-order valence-electron chi connectivity index (χ4n) is 1.32. The minimum atomic E-state index is -3.49. The van der Waals surface area contributed by atoms with E-state index in [1.807, 2.05) is 25.1 Å². The molecule has 0 spiro atoms. The number of nitrogens with two attached hydrogens (primary N) is 1. The van der Waals surface area contributed by atoms with Crippen molar-refractivity contribution in [2.75, 3.05) is 0 Å². The summed E-state index contributed by atoms with van der Waals surface area (Å²) < 4.78 is 22.2. The second kappa shape index (κ2) is 7.54. The van der Waals surface area contributed by atoms with Crippen molar-refractivity contribution in [3.05, 3.63) is 65.7 Å². The van der Waals surface area contributed by atoms with Gasteiger partial charge in [-0.1, -0.05) is 48.0 Å². The smallest absolute Gasteiger partial charge is 0.253 e. The summed E-state index contributed by atoms with van der Waals surface area (Å²) in [5.41, 5.74) is 1.73. The van der Waals surface area contributed by atoms with Crippen LogP contribution in [0.3, 0.4) is 0 Å². The molecule has 0 amide bonds. The zero-order valence-electron chi connectivity index (χ0n) is 11.0. The molecule has 106 valence electrons. The molecule has 5 nitrogen and oxygen atoms in total. The van der Waals surface area contributed by atoms with Crippen molar-refractivity contribution in [3.8, 4) is 0 Å². The number of hydrogen-bond acceptors (Lipinski definition) is 4. The summed E-state index contributed by atoms with van der Waals surface area (Å²) in [6.45, 7) is 1.88. The lowest BCUT2D eigenvalue weighted by Gasteiger charge is -2.01. The molecule has 2 rings (SSSR count). The Morgan fingerprint density at radius 3 is 1.95 bits per heavy atom. The quantitative estimate of drug-likeness (QED) is 0.511. The fourth-order valence-corrected chi connectivity index (χ4v) is 1.95. The van der Waals surface area contributed by atoms with Gasteiger partial charge in [-0.15, -0.1) is 0 Å². The minimum absolute atomic E-state index is 0.176. The number of rotatable bonds is 3. The summed E-state index contributed by atoms with van der Waals surface area (Å²) in [6.07, 6.45) is 0.833. The predicted octanol–water partition coefficient (Wildman–Crippen LogP) is 1.65. The number of carbonyl (C=O) groups is 1. The van der Waals surface area contributed by atoms with Gasteiger partial charge in [0.25, 0.3) is 10.0 Å². The number of carbonyl (C=O) groups excluding carboxylic acids is 1. The minimum Gasteiger partial charge on any atom is -0.298 e. The molecular formula is C14H16N2O3S. The van der Waals surface area contributed by atoms with E-state index in [9.17, 15) is 13.2 Å². The molecule has 2 aromatic rings. The number of sulfonamides is 1. The van der Waals surface area contributed by atoms with E-state index in [-0.39, 0.29) is 4.90 Å². The van der Waals surface area contributed by atoms with Crippen molar-refractivity contribution in [2.45, 2.75) is 11.8 Å². The predicted molar refractivity (Wildman–Crippen MR) is 77.5 cm³/mol. The molecule has 0 heterocycles. The molecule has 3 N–H and O–H groups in total. The highest BCUT2D eigenvalue weighted by atomic mass is 32.2. The standard InChI is InChI=1S/C7H10N2O2S.C7H6O/c1-6-2-4-7(5-3-6)12(10,11)9-8;8-6-7-4-2-1-3-5-7/h2-5,9H,8H2,1H3;1-6H. The Morgan fingerprint density at radius 2 is 1.55 bits per heavy atom. The number of aryl methyl sites for hydroxylation is 1. The average Bonchev–Trinajstić information content (AvgIpc) is 2.49. The van der Waals surface area contributed by atoms with E-state index in [1.54, 1.807) is 29.1 Å². The normalized spacial score (nSPS) is 10.3. The van der Waals surface area contributed by atoms with Crippen LogP contribution in [0.15, 0.2) is 59.5 Å². The molecule has 20 heavy (non-hydrogen) atoms.